The number of nitrogens with one attached hydrogen (secondary N) is 2. The number of primary amides is 1. The van der Waals surface area contributed by atoms with Crippen LogP contribution in [0.25, 0.3) is 11.2 Å². The number of nitrogens with two attached hydrogens (primary N) is 1. The van der Waals surface area contributed by atoms with E-state index in [0.717, 1.165) is 24.2 Å². The van der Waals surface area contributed by atoms with Gasteiger partial charge in [0.25, 0.3) is 5.56 Å². The standard InChI is InChI=1S/C28H35N7O3S/c1-27(2,3)21-14-22(35(34-21)17-8-6-5-7-9-17)28(39-4)15-18(10-11-20(28)32-26(29)37)38-19-12-13-30-25-24(19)31-16-23(36)33-25/h10-17,20H,5-9H2,1-4H3,(H3,29,32,37)(H,30,33,36). The van der Waals surface area contributed by atoms with Crippen molar-refractivity contribution in [2.24, 2.45) is 5.73 Å². The molecule has 2 aliphatic rings. The molecule has 1 saturated carbocycles. The number of nitrogens with zero attached hydrogens (tertiary/aromatic N) is 4. The van der Waals surface area contributed by atoms with Crippen LogP contribution in [-0.4, -0.2) is 43.1 Å². The fourth-order valence-electron chi connectivity index (χ4n) is 5.37. The lowest BCUT2D eigenvalue weighted by Gasteiger charge is -2.39. The van der Waals surface area contributed by atoms with Crippen molar-refractivity contribution in [3.8, 4) is 5.75 Å². The molecule has 0 saturated heterocycles. The van der Waals surface area contributed by atoms with Gasteiger partial charge in [-0.15, -0.1) is 11.8 Å². The molecule has 0 aliphatic heterocycles. The highest BCUT2D eigenvalue weighted by Gasteiger charge is 2.45. The van der Waals surface area contributed by atoms with E-state index in [-0.39, 0.29) is 17.0 Å². The first-order valence-electron chi connectivity index (χ1n) is 13.3. The molecule has 206 valence electrons. The molecule has 3 aromatic heterocycles. The number of aromatic amines is 1. The van der Waals surface area contributed by atoms with Gasteiger partial charge >= 0.3 is 6.03 Å². The highest BCUT2D eigenvalue weighted by atomic mass is 32.2. The minimum Gasteiger partial charge on any atom is -0.455 e. The van der Waals surface area contributed by atoms with E-state index in [9.17, 15) is 9.59 Å². The molecule has 2 aliphatic carbocycles. The van der Waals surface area contributed by atoms with E-state index in [1.807, 2.05) is 24.5 Å². The summed E-state index contributed by atoms with van der Waals surface area (Å²) >= 11 is 1.60. The highest BCUT2D eigenvalue weighted by Crippen LogP contribution is 2.46. The Morgan fingerprint density at radius 2 is 2.03 bits per heavy atom. The molecule has 1 fully saturated rings. The molecule has 3 aromatic rings. The quantitative estimate of drug-likeness (QED) is 0.413. The van der Waals surface area contributed by atoms with E-state index in [1.165, 1.54) is 25.5 Å². The third kappa shape index (κ3) is 5.32. The summed E-state index contributed by atoms with van der Waals surface area (Å²) in [5, 5.41) is 8.11. The summed E-state index contributed by atoms with van der Waals surface area (Å²) in [7, 11) is 0. The van der Waals surface area contributed by atoms with Crippen LogP contribution in [0.5, 0.6) is 5.75 Å². The molecule has 10 nitrogen and oxygen atoms in total. The van der Waals surface area contributed by atoms with Crippen LogP contribution in [0, 0.1) is 0 Å². The normalized spacial score (nSPS) is 22.1. The predicted molar refractivity (Wildman–Crippen MR) is 153 cm³/mol. The molecule has 0 radical (unpaired) electrons. The molecule has 4 N–H and O–H groups in total. The smallest absolute Gasteiger partial charge is 0.312 e. The molecule has 0 bridgehead atoms. The third-order valence-corrected chi connectivity index (χ3v) is 8.66. The first-order valence-corrected chi connectivity index (χ1v) is 14.5. The van der Waals surface area contributed by atoms with Gasteiger partial charge in [-0.1, -0.05) is 46.1 Å². The topological polar surface area (TPSA) is 141 Å². The summed E-state index contributed by atoms with van der Waals surface area (Å²) in [6, 6.07) is 3.11. The van der Waals surface area contributed by atoms with E-state index in [0.29, 0.717) is 22.7 Å². The summed E-state index contributed by atoms with van der Waals surface area (Å²) in [4.78, 5) is 35.0. The van der Waals surface area contributed by atoms with Gasteiger partial charge in [0.15, 0.2) is 11.4 Å². The van der Waals surface area contributed by atoms with Crippen molar-refractivity contribution in [1.29, 1.82) is 0 Å². The zero-order valence-electron chi connectivity index (χ0n) is 22.7. The number of ether oxygens (including phenoxy) is 1. The summed E-state index contributed by atoms with van der Waals surface area (Å²) in [6.07, 6.45) is 16.2. The number of hydrogen-bond acceptors (Lipinski definition) is 7. The Kier molecular flexibility index (Phi) is 7.28. The van der Waals surface area contributed by atoms with Crippen LogP contribution in [0.1, 0.15) is 70.3 Å². The lowest BCUT2D eigenvalue weighted by atomic mass is 9.86. The van der Waals surface area contributed by atoms with Crippen LogP contribution in [0.3, 0.4) is 0 Å². The number of thioether (sulfide) groups is 1. The Bertz CT molecular complexity index is 1500. The zero-order valence-corrected chi connectivity index (χ0v) is 23.5. The fraction of sp³-hybridized carbons (Fsp3) is 0.464. The average Bonchev–Trinajstić information content (AvgIpc) is 3.37. The maximum absolute atomic E-state index is 12.1. The largest absolute Gasteiger partial charge is 0.455 e. The summed E-state index contributed by atoms with van der Waals surface area (Å²) in [5.74, 6) is 1.03. The predicted octanol–water partition coefficient (Wildman–Crippen LogP) is 4.45. The SMILES string of the molecule is CSC1(c2cc(C(C)(C)C)nn2C2CCCCC2)C=C(Oc2ccnc3[nH]c(=O)cnc23)C=CC1NC(N)=O. The maximum atomic E-state index is 12.1. The minimum absolute atomic E-state index is 0.160. The summed E-state index contributed by atoms with van der Waals surface area (Å²) in [6.45, 7) is 6.48. The fourth-order valence-corrected chi connectivity index (χ4v) is 6.36. The van der Waals surface area contributed by atoms with Crippen LogP contribution >= 0.6 is 11.8 Å². The van der Waals surface area contributed by atoms with Crippen LogP contribution in [0.2, 0.25) is 0 Å². The molecule has 39 heavy (non-hydrogen) atoms. The van der Waals surface area contributed by atoms with E-state index < -0.39 is 16.8 Å². The van der Waals surface area contributed by atoms with Gasteiger partial charge < -0.3 is 20.8 Å². The second-order valence-electron chi connectivity index (χ2n) is 11.1. The number of carbonyl (C=O) groups is 1. The third-order valence-electron chi connectivity index (χ3n) is 7.40. The zero-order chi connectivity index (χ0) is 27.8. The molecular weight excluding hydrogens is 514 g/mol. The number of rotatable bonds is 6. The molecule has 0 spiro atoms. The number of aromatic nitrogens is 5. The van der Waals surface area contributed by atoms with Crippen LogP contribution in [0.4, 0.5) is 4.79 Å². The number of hydrogen-bond donors (Lipinski definition) is 3. The minimum atomic E-state index is -0.752. The number of H-pyrrole nitrogens is 1. The number of fused-ring (bicyclic) bond motifs is 1. The van der Waals surface area contributed by atoms with Crippen LogP contribution in [-0.2, 0) is 10.2 Å². The van der Waals surface area contributed by atoms with Crippen LogP contribution in [0.15, 0.2) is 53.3 Å². The first-order chi connectivity index (χ1) is 18.6. The molecule has 2 amide bonds. The van der Waals surface area contributed by atoms with Crippen molar-refractivity contribution < 1.29 is 9.53 Å². The average molecular weight is 550 g/mol. The van der Waals surface area contributed by atoms with Gasteiger partial charge in [0, 0.05) is 17.7 Å². The molecule has 3 heterocycles. The van der Waals surface area contributed by atoms with Gasteiger partial charge in [-0.25, -0.2) is 14.8 Å². The van der Waals surface area contributed by atoms with Gasteiger partial charge in [-0.05, 0) is 37.3 Å². The van der Waals surface area contributed by atoms with Crippen molar-refractivity contribution in [2.45, 2.75) is 75.1 Å². The molecular formula is C28H35N7O3S. The van der Waals surface area contributed by atoms with Gasteiger partial charge in [0.1, 0.15) is 16.0 Å². The number of urea groups is 1. The highest BCUT2D eigenvalue weighted by molar-refractivity contribution is 7.99. The summed E-state index contributed by atoms with van der Waals surface area (Å²) < 4.78 is 7.80. The van der Waals surface area contributed by atoms with Crippen molar-refractivity contribution in [2.75, 3.05) is 6.26 Å². The Hall–Kier alpha value is -3.60. The van der Waals surface area contributed by atoms with Gasteiger partial charge in [-0.2, -0.15) is 5.10 Å². The first kappa shape index (κ1) is 27.0. The van der Waals surface area contributed by atoms with E-state index in [1.54, 1.807) is 24.0 Å². The monoisotopic (exact) mass is 549 g/mol. The van der Waals surface area contributed by atoms with Gasteiger partial charge in [-0.3, -0.25) is 9.48 Å². The second kappa shape index (κ2) is 10.5. The van der Waals surface area contributed by atoms with Crippen LogP contribution < -0.4 is 21.3 Å². The van der Waals surface area contributed by atoms with Crippen molar-refractivity contribution in [3.05, 3.63) is 70.3 Å². The molecule has 5 rings (SSSR count). The Morgan fingerprint density at radius 3 is 2.72 bits per heavy atom. The number of pyridine rings is 1. The Balaban J connectivity index is 1.65. The number of amides is 2. The lowest BCUT2D eigenvalue weighted by Crippen LogP contribution is -2.50. The molecule has 2 unspecified atom stereocenters. The maximum Gasteiger partial charge on any atom is 0.312 e. The van der Waals surface area contributed by atoms with E-state index >= 15 is 0 Å². The van der Waals surface area contributed by atoms with Gasteiger partial charge in [0.05, 0.1) is 29.7 Å². The molecule has 11 heteroatoms. The Morgan fingerprint density at radius 1 is 1.26 bits per heavy atom. The Labute approximate surface area is 231 Å². The molecule has 0 aromatic carbocycles. The number of allylic oxidation sites excluding steroid dienone is 1. The van der Waals surface area contributed by atoms with E-state index in [2.05, 4.69) is 51.8 Å². The summed E-state index contributed by atoms with van der Waals surface area (Å²) in [5.41, 5.74) is 7.94. The second-order valence-corrected chi connectivity index (χ2v) is 12.2. The van der Waals surface area contributed by atoms with Crippen molar-refractivity contribution in [1.82, 2.24) is 30.0 Å². The van der Waals surface area contributed by atoms with Crippen molar-refractivity contribution >= 4 is 29.0 Å². The van der Waals surface area contributed by atoms with E-state index in [4.69, 9.17) is 15.6 Å². The van der Waals surface area contributed by atoms with Crippen molar-refractivity contribution in [3.63, 3.8) is 0 Å². The lowest BCUT2D eigenvalue weighted by molar-refractivity contribution is 0.244. The van der Waals surface area contributed by atoms with Gasteiger partial charge in [0.2, 0.25) is 0 Å². The molecule has 2 atom stereocenters. The number of carbonyl (C=O) groups excluding carboxylic acids is 1.